The maximum absolute atomic E-state index is 12.3. The maximum Gasteiger partial charge on any atom is 0.445 e. The molecule has 2 aromatic rings. The molecule has 0 spiro atoms. The zero-order valence-electron chi connectivity index (χ0n) is 9.93. The molecule has 0 radical (unpaired) electrons. The Bertz CT molecular complexity index is 655. The summed E-state index contributed by atoms with van der Waals surface area (Å²) >= 11 is 0.265. The van der Waals surface area contributed by atoms with Crippen LogP contribution < -0.4 is 4.74 Å². The van der Waals surface area contributed by atoms with Gasteiger partial charge in [-0.05, 0) is 30.7 Å². The predicted octanol–water partition coefficient (Wildman–Crippen LogP) is 3.36. The van der Waals surface area contributed by atoms with Crippen molar-refractivity contribution in [2.24, 2.45) is 0 Å². The Hall–Kier alpha value is -2.16. The molecular weight excluding hydrogens is 297 g/mol. The number of benzene rings is 1. The zero-order valence-corrected chi connectivity index (χ0v) is 10.7. The molecule has 0 aliphatic carbocycles. The van der Waals surface area contributed by atoms with E-state index in [1.54, 1.807) is 6.92 Å². The van der Waals surface area contributed by atoms with Crippen LogP contribution in [-0.2, 0) is 6.18 Å². The molecule has 1 N–H and O–H groups in total. The second-order valence-corrected chi connectivity index (χ2v) is 4.69. The topological polar surface area (TPSA) is 72.3 Å². The average Bonchev–Trinajstić information content (AvgIpc) is 2.76. The summed E-state index contributed by atoms with van der Waals surface area (Å²) in [7, 11) is 0. The van der Waals surface area contributed by atoms with Crippen molar-refractivity contribution in [1.82, 2.24) is 10.2 Å². The minimum absolute atomic E-state index is 0.0885. The number of alkyl halides is 3. The van der Waals surface area contributed by atoms with E-state index in [0.29, 0.717) is 5.56 Å². The molecule has 0 atom stereocenters. The predicted molar refractivity (Wildman–Crippen MR) is 63.1 cm³/mol. The standard InChI is InChI=1S/C11H7F3N2O3S/c1-5-4-6(2-3-7(5)8(17)18)19-10-16-15-9(20-10)11(12,13)14/h2-4H,1H3,(H,17,18). The van der Waals surface area contributed by atoms with Gasteiger partial charge in [-0.15, -0.1) is 5.10 Å². The highest BCUT2D eigenvalue weighted by molar-refractivity contribution is 7.13. The third-order valence-corrected chi connectivity index (χ3v) is 3.13. The Balaban J connectivity index is 2.20. The van der Waals surface area contributed by atoms with Crippen LogP contribution in [0, 0.1) is 6.92 Å². The minimum Gasteiger partial charge on any atom is -0.478 e. The van der Waals surface area contributed by atoms with Crippen molar-refractivity contribution < 1.29 is 27.8 Å². The van der Waals surface area contributed by atoms with Gasteiger partial charge < -0.3 is 9.84 Å². The van der Waals surface area contributed by atoms with E-state index in [1.807, 2.05) is 0 Å². The number of rotatable bonds is 3. The van der Waals surface area contributed by atoms with Crippen LogP contribution in [0.25, 0.3) is 0 Å². The number of carboxylic acid groups (broad SMARTS) is 1. The molecule has 106 valence electrons. The molecule has 0 amide bonds. The average molecular weight is 304 g/mol. The van der Waals surface area contributed by atoms with E-state index in [0.717, 1.165) is 0 Å². The van der Waals surface area contributed by atoms with Crippen LogP contribution in [0.15, 0.2) is 18.2 Å². The quantitative estimate of drug-likeness (QED) is 0.941. The number of halogens is 3. The van der Waals surface area contributed by atoms with Gasteiger partial charge in [-0.25, -0.2) is 4.79 Å². The summed E-state index contributed by atoms with van der Waals surface area (Å²) in [5.74, 6) is -0.901. The summed E-state index contributed by atoms with van der Waals surface area (Å²) < 4.78 is 42.1. The molecule has 0 bridgehead atoms. The van der Waals surface area contributed by atoms with E-state index in [1.165, 1.54) is 18.2 Å². The molecule has 1 heterocycles. The Morgan fingerprint density at radius 2 is 2.05 bits per heavy atom. The number of hydrogen-bond donors (Lipinski definition) is 1. The highest BCUT2D eigenvalue weighted by Crippen LogP contribution is 2.35. The largest absolute Gasteiger partial charge is 0.478 e. The zero-order chi connectivity index (χ0) is 14.9. The monoisotopic (exact) mass is 304 g/mol. The summed E-state index contributed by atoms with van der Waals surface area (Å²) in [6, 6.07) is 4.04. The first kappa shape index (κ1) is 14.3. The Morgan fingerprint density at radius 1 is 1.35 bits per heavy atom. The van der Waals surface area contributed by atoms with Gasteiger partial charge in [0.15, 0.2) is 0 Å². The molecule has 0 fully saturated rings. The molecule has 1 aromatic carbocycles. The van der Waals surface area contributed by atoms with Crippen molar-refractivity contribution in [2.45, 2.75) is 13.1 Å². The maximum atomic E-state index is 12.3. The van der Waals surface area contributed by atoms with Gasteiger partial charge >= 0.3 is 12.1 Å². The summed E-state index contributed by atoms with van der Waals surface area (Å²) in [6.45, 7) is 1.55. The van der Waals surface area contributed by atoms with E-state index >= 15 is 0 Å². The third-order valence-electron chi connectivity index (χ3n) is 2.28. The molecule has 20 heavy (non-hydrogen) atoms. The SMILES string of the molecule is Cc1cc(Oc2nnc(C(F)(F)F)s2)ccc1C(=O)O. The van der Waals surface area contributed by atoms with Gasteiger partial charge in [0.05, 0.1) is 5.56 Å². The van der Waals surface area contributed by atoms with Crippen molar-refractivity contribution in [3.8, 4) is 10.9 Å². The number of ether oxygens (including phenoxy) is 1. The molecule has 0 unspecified atom stereocenters. The second-order valence-electron chi connectivity index (χ2n) is 3.75. The summed E-state index contributed by atoms with van der Waals surface area (Å²) in [5.41, 5.74) is 0.515. The van der Waals surface area contributed by atoms with Crippen LogP contribution in [0.3, 0.4) is 0 Å². The summed E-state index contributed by atoms with van der Waals surface area (Å²) in [6.07, 6.45) is -4.57. The molecular formula is C11H7F3N2O3S. The lowest BCUT2D eigenvalue weighted by atomic mass is 10.1. The van der Waals surface area contributed by atoms with E-state index in [9.17, 15) is 18.0 Å². The summed E-state index contributed by atoms with van der Waals surface area (Å²) in [4.78, 5) is 10.8. The normalized spacial score (nSPS) is 11.4. The molecule has 0 aliphatic rings. The molecule has 9 heteroatoms. The molecule has 0 saturated heterocycles. The lowest BCUT2D eigenvalue weighted by Gasteiger charge is -2.04. The molecule has 2 rings (SSSR count). The first-order valence-electron chi connectivity index (χ1n) is 5.20. The second kappa shape index (κ2) is 5.08. The van der Waals surface area contributed by atoms with Crippen LogP contribution in [0.5, 0.6) is 10.9 Å². The van der Waals surface area contributed by atoms with Crippen molar-refractivity contribution in [3.63, 3.8) is 0 Å². The third kappa shape index (κ3) is 3.05. The van der Waals surface area contributed by atoms with E-state index < -0.39 is 17.2 Å². The first-order chi connectivity index (χ1) is 9.27. The van der Waals surface area contributed by atoms with Crippen LogP contribution in [0.2, 0.25) is 0 Å². The number of aromatic nitrogens is 2. The smallest absolute Gasteiger partial charge is 0.445 e. The number of nitrogens with zero attached hydrogens (tertiary/aromatic N) is 2. The highest BCUT2D eigenvalue weighted by Gasteiger charge is 2.36. The number of carboxylic acids is 1. The Kier molecular flexibility index (Phi) is 3.62. The van der Waals surface area contributed by atoms with Gasteiger partial charge in [-0.2, -0.15) is 13.2 Å². The van der Waals surface area contributed by atoms with Gasteiger partial charge in [-0.3, -0.25) is 0 Å². The van der Waals surface area contributed by atoms with Gasteiger partial charge in [0, 0.05) is 0 Å². The fourth-order valence-corrected chi connectivity index (χ4v) is 1.99. The van der Waals surface area contributed by atoms with Gasteiger partial charge in [0.1, 0.15) is 5.75 Å². The fourth-order valence-electron chi connectivity index (χ4n) is 1.41. The lowest BCUT2D eigenvalue weighted by Crippen LogP contribution is -2.03. The highest BCUT2D eigenvalue weighted by atomic mass is 32.1. The van der Waals surface area contributed by atoms with E-state index in [2.05, 4.69) is 10.2 Å². The minimum atomic E-state index is -4.57. The van der Waals surface area contributed by atoms with Crippen molar-refractivity contribution in [1.29, 1.82) is 0 Å². The number of hydrogen-bond acceptors (Lipinski definition) is 5. The number of aromatic carboxylic acids is 1. The first-order valence-corrected chi connectivity index (χ1v) is 6.01. The van der Waals surface area contributed by atoms with Crippen LogP contribution >= 0.6 is 11.3 Å². The molecule has 0 aliphatic heterocycles. The Morgan fingerprint density at radius 3 is 2.55 bits per heavy atom. The Labute approximate surface area is 114 Å². The molecule has 5 nitrogen and oxygen atoms in total. The van der Waals surface area contributed by atoms with Gasteiger partial charge in [0.25, 0.3) is 5.19 Å². The molecule has 1 aromatic heterocycles. The lowest BCUT2D eigenvalue weighted by molar-refractivity contribution is -0.138. The number of carbonyl (C=O) groups is 1. The van der Waals surface area contributed by atoms with Crippen LogP contribution in [0.4, 0.5) is 13.2 Å². The van der Waals surface area contributed by atoms with Crippen molar-refractivity contribution >= 4 is 17.3 Å². The molecule has 0 saturated carbocycles. The van der Waals surface area contributed by atoms with E-state index in [4.69, 9.17) is 9.84 Å². The fraction of sp³-hybridized carbons (Fsp3) is 0.182. The van der Waals surface area contributed by atoms with Crippen molar-refractivity contribution in [2.75, 3.05) is 0 Å². The van der Waals surface area contributed by atoms with Gasteiger partial charge in [0.2, 0.25) is 5.01 Å². The summed E-state index contributed by atoms with van der Waals surface area (Å²) in [5, 5.41) is 13.7. The van der Waals surface area contributed by atoms with Crippen molar-refractivity contribution in [3.05, 3.63) is 34.3 Å². The number of aryl methyl sites for hydroxylation is 1. The van der Waals surface area contributed by atoms with Gasteiger partial charge in [-0.1, -0.05) is 16.4 Å². The van der Waals surface area contributed by atoms with Crippen LogP contribution in [-0.4, -0.2) is 21.3 Å². The van der Waals surface area contributed by atoms with Crippen LogP contribution in [0.1, 0.15) is 20.9 Å². The van der Waals surface area contributed by atoms with E-state index in [-0.39, 0.29) is 27.8 Å².